The molecule has 3 nitrogen and oxygen atoms in total. The van der Waals surface area contributed by atoms with Gasteiger partial charge < -0.3 is 10.3 Å². The maximum absolute atomic E-state index is 14.2. The fourth-order valence-corrected chi connectivity index (χ4v) is 3.90. The largest absolute Gasteiger partial charge is 0.361 e. The topological polar surface area (TPSA) is 44.9 Å². The Bertz CT molecular complexity index is 909. The van der Waals surface area contributed by atoms with Gasteiger partial charge in [-0.25, -0.2) is 4.39 Å². The number of aromatic amines is 1. The maximum atomic E-state index is 14.2. The van der Waals surface area contributed by atoms with E-state index in [1.165, 1.54) is 6.07 Å². The van der Waals surface area contributed by atoms with Gasteiger partial charge in [0.1, 0.15) is 5.82 Å². The molecular weight excluding hydrogens is 315 g/mol. The number of carbonyl (C=O) groups is 1. The van der Waals surface area contributed by atoms with Crippen LogP contribution in [0.2, 0.25) is 0 Å². The van der Waals surface area contributed by atoms with Gasteiger partial charge in [-0.15, -0.1) is 0 Å². The van der Waals surface area contributed by atoms with Gasteiger partial charge in [0.25, 0.3) is 0 Å². The summed E-state index contributed by atoms with van der Waals surface area (Å²) in [5.74, 6) is -0.102. The standard InChI is InChI=1S/C21H21FN2O/c22-18-4-2-1-3-17(18)14-21(8-11-23-12-9-21)20(25)16-5-6-19-15(13-16)7-10-24-19/h1-7,10,13,23-24H,8-9,11-12,14H2. The van der Waals surface area contributed by atoms with Crippen LogP contribution < -0.4 is 5.32 Å². The summed E-state index contributed by atoms with van der Waals surface area (Å²) in [7, 11) is 0. The van der Waals surface area contributed by atoms with E-state index in [1.807, 2.05) is 36.5 Å². The molecule has 4 heteroatoms. The second-order valence-electron chi connectivity index (χ2n) is 6.91. The van der Waals surface area contributed by atoms with Gasteiger partial charge >= 0.3 is 0 Å². The first kappa shape index (κ1) is 16.0. The lowest BCUT2D eigenvalue weighted by atomic mass is 9.69. The van der Waals surface area contributed by atoms with Crippen LogP contribution >= 0.6 is 0 Å². The summed E-state index contributed by atoms with van der Waals surface area (Å²) >= 11 is 0. The zero-order chi connectivity index (χ0) is 17.3. The molecule has 0 amide bonds. The summed E-state index contributed by atoms with van der Waals surface area (Å²) in [6.07, 6.45) is 3.78. The first-order valence-corrected chi connectivity index (χ1v) is 8.74. The number of rotatable bonds is 4. The summed E-state index contributed by atoms with van der Waals surface area (Å²) < 4.78 is 14.2. The number of aromatic nitrogens is 1. The maximum Gasteiger partial charge on any atom is 0.169 e. The summed E-state index contributed by atoms with van der Waals surface area (Å²) in [6, 6.07) is 14.5. The van der Waals surface area contributed by atoms with E-state index in [0.717, 1.165) is 36.8 Å². The highest BCUT2D eigenvalue weighted by Crippen LogP contribution is 2.37. The molecule has 1 aromatic heterocycles. The Morgan fingerprint density at radius 2 is 1.88 bits per heavy atom. The van der Waals surface area contributed by atoms with Crippen molar-refractivity contribution in [1.29, 1.82) is 0 Å². The number of hydrogen-bond donors (Lipinski definition) is 2. The fraction of sp³-hybridized carbons (Fsp3) is 0.286. The molecule has 128 valence electrons. The van der Waals surface area contributed by atoms with Crippen molar-refractivity contribution in [3.05, 3.63) is 71.7 Å². The van der Waals surface area contributed by atoms with Crippen molar-refractivity contribution in [3.63, 3.8) is 0 Å². The highest BCUT2D eigenvalue weighted by atomic mass is 19.1. The molecule has 2 N–H and O–H groups in total. The van der Waals surface area contributed by atoms with Crippen LogP contribution in [0.5, 0.6) is 0 Å². The van der Waals surface area contributed by atoms with Gasteiger partial charge in [0, 0.05) is 28.1 Å². The monoisotopic (exact) mass is 336 g/mol. The number of hydrogen-bond acceptors (Lipinski definition) is 2. The van der Waals surface area contributed by atoms with E-state index in [2.05, 4.69) is 10.3 Å². The van der Waals surface area contributed by atoms with Crippen molar-refractivity contribution in [2.75, 3.05) is 13.1 Å². The summed E-state index contributed by atoms with van der Waals surface area (Å²) in [4.78, 5) is 16.6. The van der Waals surface area contributed by atoms with Crippen molar-refractivity contribution >= 4 is 16.7 Å². The molecule has 0 bridgehead atoms. The summed E-state index contributed by atoms with van der Waals surface area (Å²) in [6.45, 7) is 1.57. The van der Waals surface area contributed by atoms with Crippen molar-refractivity contribution in [2.24, 2.45) is 5.41 Å². The third-order valence-corrected chi connectivity index (χ3v) is 5.34. The average Bonchev–Trinajstić information content (AvgIpc) is 3.11. The smallest absolute Gasteiger partial charge is 0.169 e. The highest BCUT2D eigenvalue weighted by Gasteiger charge is 2.40. The van der Waals surface area contributed by atoms with E-state index in [1.54, 1.807) is 12.1 Å². The van der Waals surface area contributed by atoms with Crippen molar-refractivity contribution in [2.45, 2.75) is 19.3 Å². The summed E-state index contributed by atoms with van der Waals surface area (Å²) in [5.41, 5.74) is 1.81. The molecule has 4 rings (SSSR count). The Balaban J connectivity index is 1.72. The number of benzene rings is 2. The lowest BCUT2D eigenvalue weighted by Crippen LogP contribution is -2.43. The van der Waals surface area contributed by atoms with E-state index in [0.29, 0.717) is 17.5 Å². The van der Waals surface area contributed by atoms with Crippen LogP contribution in [-0.4, -0.2) is 23.9 Å². The molecule has 25 heavy (non-hydrogen) atoms. The van der Waals surface area contributed by atoms with Crippen molar-refractivity contribution < 1.29 is 9.18 Å². The Labute approximate surface area is 146 Å². The highest BCUT2D eigenvalue weighted by molar-refractivity contribution is 6.03. The van der Waals surface area contributed by atoms with Crippen LogP contribution in [0.1, 0.15) is 28.8 Å². The van der Waals surface area contributed by atoms with Gasteiger partial charge in [0.05, 0.1) is 0 Å². The zero-order valence-corrected chi connectivity index (χ0v) is 14.0. The number of ketones is 1. The molecule has 0 aliphatic carbocycles. The first-order chi connectivity index (χ1) is 12.2. The molecule has 1 aliphatic heterocycles. The van der Waals surface area contributed by atoms with Crippen molar-refractivity contribution in [3.8, 4) is 0 Å². The van der Waals surface area contributed by atoms with Gasteiger partial charge in [-0.3, -0.25) is 4.79 Å². The molecule has 1 fully saturated rings. The van der Waals surface area contributed by atoms with Crippen LogP contribution in [0.4, 0.5) is 4.39 Å². The number of halogens is 1. The normalized spacial score (nSPS) is 16.8. The minimum atomic E-state index is -0.544. The number of H-pyrrole nitrogens is 1. The molecular formula is C21H21FN2O. The first-order valence-electron chi connectivity index (χ1n) is 8.74. The van der Waals surface area contributed by atoms with E-state index < -0.39 is 5.41 Å². The SMILES string of the molecule is O=C(c1ccc2[nH]ccc2c1)C1(Cc2ccccc2F)CCNCC1. The number of Topliss-reactive ketones (excluding diaryl/α,β-unsaturated/α-hetero) is 1. The minimum absolute atomic E-state index is 0.125. The second kappa shape index (κ2) is 6.45. The predicted molar refractivity (Wildman–Crippen MR) is 97.3 cm³/mol. The Morgan fingerprint density at radius 1 is 1.08 bits per heavy atom. The van der Waals surface area contributed by atoms with Gasteiger partial charge in [-0.1, -0.05) is 18.2 Å². The van der Waals surface area contributed by atoms with Crippen LogP contribution in [-0.2, 0) is 6.42 Å². The van der Waals surface area contributed by atoms with E-state index in [4.69, 9.17) is 0 Å². The molecule has 3 aromatic rings. The molecule has 0 unspecified atom stereocenters. The second-order valence-corrected chi connectivity index (χ2v) is 6.91. The predicted octanol–water partition coefficient (Wildman–Crippen LogP) is 4.10. The average molecular weight is 336 g/mol. The van der Waals surface area contributed by atoms with Crippen LogP contribution in [0, 0.1) is 11.2 Å². The zero-order valence-electron chi connectivity index (χ0n) is 14.0. The third-order valence-electron chi connectivity index (χ3n) is 5.34. The molecule has 2 heterocycles. The Hall–Kier alpha value is -2.46. The number of fused-ring (bicyclic) bond motifs is 1. The molecule has 0 atom stereocenters. The van der Waals surface area contributed by atoms with Crippen molar-refractivity contribution in [1.82, 2.24) is 10.3 Å². The minimum Gasteiger partial charge on any atom is -0.361 e. The van der Waals surface area contributed by atoms with Crippen LogP contribution in [0.3, 0.4) is 0 Å². The van der Waals surface area contributed by atoms with Crippen LogP contribution in [0.15, 0.2) is 54.7 Å². The van der Waals surface area contributed by atoms with Gasteiger partial charge in [0.2, 0.25) is 0 Å². The van der Waals surface area contributed by atoms with Gasteiger partial charge in [-0.05, 0) is 68.2 Å². The molecule has 2 aromatic carbocycles. The lowest BCUT2D eigenvalue weighted by molar-refractivity contribution is 0.0724. The van der Waals surface area contributed by atoms with Crippen LogP contribution in [0.25, 0.3) is 10.9 Å². The third kappa shape index (κ3) is 2.98. The van der Waals surface area contributed by atoms with E-state index in [-0.39, 0.29) is 11.6 Å². The fourth-order valence-electron chi connectivity index (χ4n) is 3.90. The molecule has 0 saturated carbocycles. The van der Waals surface area contributed by atoms with Gasteiger partial charge in [-0.2, -0.15) is 0 Å². The molecule has 1 aliphatic rings. The molecule has 1 saturated heterocycles. The number of piperidine rings is 1. The lowest BCUT2D eigenvalue weighted by Gasteiger charge is -2.36. The van der Waals surface area contributed by atoms with E-state index in [9.17, 15) is 9.18 Å². The van der Waals surface area contributed by atoms with E-state index >= 15 is 0 Å². The quantitative estimate of drug-likeness (QED) is 0.705. The number of carbonyl (C=O) groups excluding carboxylic acids is 1. The summed E-state index contributed by atoms with van der Waals surface area (Å²) in [5, 5.41) is 4.35. The Morgan fingerprint density at radius 3 is 2.68 bits per heavy atom. The Kier molecular flexibility index (Phi) is 4.14. The molecule has 0 spiro atoms. The molecule has 0 radical (unpaired) electrons. The number of nitrogens with one attached hydrogen (secondary N) is 2. The van der Waals surface area contributed by atoms with Gasteiger partial charge in [0.15, 0.2) is 5.78 Å².